The lowest BCUT2D eigenvalue weighted by atomic mass is 10.2. The summed E-state index contributed by atoms with van der Waals surface area (Å²) in [5.74, 6) is 0.722. The lowest BCUT2D eigenvalue weighted by molar-refractivity contribution is -0.400. The van der Waals surface area contributed by atoms with Crippen LogP contribution >= 0.6 is 0 Å². The van der Waals surface area contributed by atoms with Gasteiger partial charge in [0.2, 0.25) is 6.20 Å². The summed E-state index contributed by atoms with van der Waals surface area (Å²) < 4.78 is 24.1. The molecule has 2 aromatic carbocycles. The van der Waals surface area contributed by atoms with Gasteiger partial charge in [-0.15, -0.1) is 0 Å². The zero-order valence-corrected chi connectivity index (χ0v) is 12.6. The van der Waals surface area contributed by atoms with Gasteiger partial charge >= 0.3 is 0 Å². The molecule has 6 heteroatoms. The number of ether oxygens (including phenoxy) is 2. The third kappa shape index (κ3) is 5.10. The number of benzene rings is 2. The molecule has 0 fully saturated rings. The lowest BCUT2D eigenvalue weighted by Gasteiger charge is -2.12. The van der Waals surface area contributed by atoms with Gasteiger partial charge in [0.15, 0.2) is 11.5 Å². The first-order valence-corrected chi connectivity index (χ1v) is 7.04. The van der Waals surface area contributed by atoms with Crippen molar-refractivity contribution in [1.29, 1.82) is 0 Å². The highest BCUT2D eigenvalue weighted by atomic mass is 19.1. The zero-order chi connectivity index (χ0) is 16.7. The smallest absolute Gasteiger partial charge is 0.235 e. The Kier molecular flexibility index (Phi) is 5.68. The Hall–Kier alpha value is -2.89. The second-order valence-corrected chi connectivity index (χ2v) is 4.66. The van der Waals surface area contributed by atoms with Crippen molar-refractivity contribution in [1.82, 2.24) is 0 Å². The molecule has 0 atom stereocenters. The first-order chi connectivity index (χ1) is 11.1. The molecule has 2 aromatic rings. The molecule has 0 spiro atoms. The molecule has 0 heterocycles. The van der Waals surface area contributed by atoms with E-state index in [1.165, 1.54) is 18.2 Å². The van der Waals surface area contributed by atoms with E-state index in [-0.39, 0.29) is 12.4 Å². The van der Waals surface area contributed by atoms with Crippen LogP contribution in [-0.4, -0.2) is 11.5 Å². The molecule has 0 aromatic heterocycles. The number of halogens is 1. The maximum absolute atomic E-state index is 12.9. The Morgan fingerprint density at radius 3 is 2.52 bits per heavy atom. The fourth-order valence-electron chi connectivity index (χ4n) is 1.90. The van der Waals surface area contributed by atoms with Gasteiger partial charge in [0, 0.05) is 6.08 Å². The topological polar surface area (TPSA) is 61.6 Å². The van der Waals surface area contributed by atoms with Crippen LogP contribution in [-0.2, 0) is 6.61 Å². The number of hydrogen-bond acceptors (Lipinski definition) is 4. The van der Waals surface area contributed by atoms with Crippen LogP contribution in [0.2, 0.25) is 0 Å². The van der Waals surface area contributed by atoms with Gasteiger partial charge in [-0.3, -0.25) is 10.1 Å². The van der Waals surface area contributed by atoms with E-state index in [1.54, 1.807) is 30.3 Å². The molecule has 23 heavy (non-hydrogen) atoms. The Bertz CT molecular complexity index is 698. The predicted octanol–water partition coefficient (Wildman–Crippen LogP) is 4.05. The van der Waals surface area contributed by atoms with Gasteiger partial charge in [-0.05, 0) is 42.3 Å². The number of nitrogens with zero attached hydrogens (tertiary/aromatic N) is 1. The molecule has 0 radical (unpaired) electrons. The minimum atomic E-state index is -0.528. The summed E-state index contributed by atoms with van der Waals surface area (Å²) >= 11 is 0. The molecule has 0 amide bonds. The van der Waals surface area contributed by atoms with E-state index in [0.717, 1.165) is 11.8 Å². The third-order valence-corrected chi connectivity index (χ3v) is 2.96. The second-order valence-electron chi connectivity index (χ2n) is 4.66. The monoisotopic (exact) mass is 317 g/mol. The minimum Gasteiger partial charge on any atom is -0.490 e. The summed E-state index contributed by atoms with van der Waals surface area (Å²) in [6.45, 7) is 2.54. The Balaban J connectivity index is 2.13. The number of hydrogen-bond donors (Lipinski definition) is 0. The van der Waals surface area contributed by atoms with E-state index >= 15 is 0 Å². The van der Waals surface area contributed by atoms with Crippen LogP contribution in [0, 0.1) is 15.9 Å². The van der Waals surface area contributed by atoms with E-state index in [2.05, 4.69) is 0 Å². The molecule has 120 valence electrons. The highest BCUT2D eigenvalue weighted by Crippen LogP contribution is 2.29. The van der Waals surface area contributed by atoms with Crippen LogP contribution in [0.15, 0.2) is 48.7 Å². The minimum absolute atomic E-state index is 0.268. The fraction of sp³-hybridized carbons (Fsp3) is 0.176. The second kappa shape index (κ2) is 7.93. The maximum atomic E-state index is 12.9. The van der Waals surface area contributed by atoms with Crippen LogP contribution in [0.4, 0.5) is 4.39 Å². The third-order valence-electron chi connectivity index (χ3n) is 2.96. The maximum Gasteiger partial charge on any atom is 0.235 e. The van der Waals surface area contributed by atoms with Gasteiger partial charge in [0.05, 0.1) is 11.5 Å². The van der Waals surface area contributed by atoms with Crippen LogP contribution in [0.5, 0.6) is 11.5 Å². The van der Waals surface area contributed by atoms with Gasteiger partial charge in [0.25, 0.3) is 0 Å². The first-order valence-electron chi connectivity index (χ1n) is 7.04. The molecule has 0 bridgehead atoms. The van der Waals surface area contributed by atoms with Crippen molar-refractivity contribution >= 4 is 6.08 Å². The SMILES string of the molecule is CCOc1cc(/C=C/[N+](=O)[O-])ccc1OCc1ccc(F)cc1. The molecule has 0 aliphatic rings. The molecular formula is C17H16FNO4. The van der Waals surface area contributed by atoms with Gasteiger partial charge in [-0.1, -0.05) is 18.2 Å². The first kappa shape index (κ1) is 16.5. The van der Waals surface area contributed by atoms with E-state index in [4.69, 9.17) is 9.47 Å². The normalized spacial score (nSPS) is 10.7. The van der Waals surface area contributed by atoms with Gasteiger partial charge in [-0.25, -0.2) is 4.39 Å². The summed E-state index contributed by atoms with van der Waals surface area (Å²) in [7, 11) is 0. The van der Waals surface area contributed by atoms with E-state index < -0.39 is 4.92 Å². The van der Waals surface area contributed by atoms with Gasteiger partial charge < -0.3 is 9.47 Å². The Morgan fingerprint density at radius 2 is 1.87 bits per heavy atom. The fourth-order valence-corrected chi connectivity index (χ4v) is 1.90. The van der Waals surface area contributed by atoms with Crippen molar-refractivity contribution in [2.75, 3.05) is 6.61 Å². The molecule has 0 saturated carbocycles. The summed E-state index contributed by atoms with van der Waals surface area (Å²) in [5, 5.41) is 10.4. The summed E-state index contributed by atoms with van der Waals surface area (Å²) in [5.41, 5.74) is 1.46. The van der Waals surface area contributed by atoms with E-state index in [9.17, 15) is 14.5 Å². The molecular weight excluding hydrogens is 301 g/mol. The van der Waals surface area contributed by atoms with Crippen molar-refractivity contribution in [3.8, 4) is 11.5 Å². The summed E-state index contributed by atoms with van der Waals surface area (Å²) in [4.78, 5) is 9.84. The summed E-state index contributed by atoms with van der Waals surface area (Å²) in [6.07, 6.45) is 2.25. The largest absolute Gasteiger partial charge is 0.490 e. The molecule has 2 rings (SSSR count). The van der Waals surface area contributed by atoms with Crippen molar-refractivity contribution in [3.05, 3.63) is 75.7 Å². The Morgan fingerprint density at radius 1 is 1.13 bits per heavy atom. The average Bonchev–Trinajstić information content (AvgIpc) is 2.54. The molecule has 0 N–H and O–H groups in total. The van der Waals surface area contributed by atoms with Crippen molar-refractivity contribution < 1.29 is 18.8 Å². The van der Waals surface area contributed by atoms with Crippen molar-refractivity contribution in [3.63, 3.8) is 0 Å². The summed E-state index contributed by atoms with van der Waals surface area (Å²) in [6, 6.07) is 11.1. The van der Waals surface area contributed by atoms with Crippen LogP contribution in [0.3, 0.4) is 0 Å². The Labute approximate surface area is 133 Å². The van der Waals surface area contributed by atoms with E-state index in [0.29, 0.717) is 23.7 Å². The van der Waals surface area contributed by atoms with E-state index in [1.807, 2.05) is 6.92 Å². The number of rotatable bonds is 7. The quantitative estimate of drug-likeness (QED) is 0.571. The molecule has 0 unspecified atom stereocenters. The predicted molar refractivity (Wildman–Crippen MR) is 84.4 cm³/mol. The lowest BCUT2D eigenvalue weighted by Crippen LogP contribution is -2.00. The highest BCUT2D eigenvalue weighted by molar-refractivity contribution is 5.55. The van der Waals surface area contributed by atoms with Crippen molar-refractivity contribution in [2.24, 2.45) is 0 Å². The highest BCUT2D eigenvalue weighted by Gasteiger charge is 2.07. The molecule has 0 saturated heterocycles. The van der Waals surface area contributed by atoms with Crippen LogP contribution < -0.4 is 9.47 Å². The average molecular weight is 317 g/mol. The molecule has 0 aliphatic heterocycles. The molecule has 5 nitrogen and oxygen atoms in total. The number of nitro groups is 1. The standard InChI is InChI=1S/C17H16FNO4/c1-2-22-17-11-13(9-10-19(20)21)5-8-16(17)23-12-14-3-6-15(18)7-4-14/h3-11H,2,12H2,1H3/b10-9+. The van der Waals surface area contributed by atoms with Crippen LogP contribution in [0.1, 0.15) is 18.1 Å². The van der Waals surface area contributed by atoms with Gasteiger partial charge in [0.1, 0.15) is 12.4 Å². The van der Waals surface area contributed by atoms with Crippen LogP contribution in [0.25, 0.3) is 6.08 Å². The zero-order valence-electron chi connectivity index (χ0n) is 12.6. The van der Waals surface area contributed by atoms with Crippen molar-refractivity contribution in [2.45, 2.75) is 13.5 Å². The molecule has 0 aliphatic carbocycles. The van der Waals surface area contributed by atoms with Gasteiger partial charge in [-0.2, -0.15) is 0 Å².